The van der Waals surface area contributed by atoms with Crippen molar-refractivity contribution < 1.29 is 72.2 Å². The van der Waals surface area contributed by atoms with E-state index in [1.807, 2.05) is 0 Å². The maximum atomic E-state index is 13.3. The average Bonchev–Trinajstić information content (AvgIpc) is 3.07. The number of halogens is 3. The number of allylic oxidation sites excluding steroid dienone is 1. The number of hydrogen-bond donors (Lipinski definition) is 7. The molecule has 1 amide bonds. The van der Waals surface area contributed by atoms with Gasteiger partial charge in [-0.15, -0.1) is 0 Å². The SMILES string of the molecule is CCCCCCCC(=O)CCCCCC/C=C/[C@H](C(=O)N[C@@H](Cc1ccc(OCCCN)cc1)C(=O)O)[C@@](O)(CC(=O)O)C(=O)O.O=C(O)C(F)(F)F. The summed E-state index contributed by atoms with van der Waals surface area (Å²) in [6.45, 7) is 3.04. The van der Waals surface area contributed by atoms with Gasteiger partial charge < -0.3 is 41.3 Å². The van der Waals surface area contributed by atoms with Gasteiger partial charge in [0, 0.05) is 19.3 Å². The van der Waals surface area contributed by atoms with Gasteiger partial charge in [0.1, 0.15) is 17.6 Å². The molecule has 0 aliphatic heterocycles. The average molecular weight is 763 g/mol. The standard InChI is InChI=1S/C34H52N2O10.C2HF3O2/c1-2-3-4-7-10-14-26(37)15-11-8-5-6-9-12-16-28(34(45,33(43)44)24-30(38)39)31(40)36-29(32(41)42)23-25-17-19-27(20-18-25)46-22-13-21-35;3-2(4,5)1(6)7/h12,16-20,28-29,45H,2-11,13-15,21-24,35H2,1H3,(H,36,40)(H,38,39)(H,41,42)(H,43,44);(H,6,7)/b16-12+;/t28-,29+,34+;/m1./s1. The molecule has 300 valence electrons. The highest BCUT2D eigenvalue weighted by Gasteiger charge is 2.49. The Morgan fingerprint density at radius 1 is 0.830 bits per heavy atom. The Labute approximate surface area is 306 Å². The molecule has 0 aliphatic carbocycles. The Balaban J connectivity index is 0.00000348. The third kappa shape index (κ3) is 21.6. The van der Waals surface area contributed by atoms with Crippen molar-refractivity contribution in [3.8, 4) is 5.75 Å². The van der Waals surface area contributed by atoms with Gasteiger partial charge in [0.15, 0.2) is 5.60 Å². The molecule has 0 spiro atoms. The zero-order valence-corrected chi connectivity index (χ0v) is 29.9. The highest BCUT2D eigenvalue weighted by Crippen LogP contribution is 2.26. The van der Waals surface area contributed by atoms with Gasteiger partial charge in [0.05, 0.1) is 18.9 Å². The van der Waals surface area contributed by atoms with Crippen molar-refractivity contribution in [2.75, 3.05) is 13.2 Å². The Hall–Kier alpha value is -4.51. The number of ketones is 1. The largest absolute Gasteiger partial charge is 0.494 e. The van der Waals surface area contributed by atoms with Gasteiger partial charge in [-0.2, -0.15) is 13.2 Å². The quantitative estimate of drug-likeness (QED) is 0.0466. The van der Waals surface area contributed by atoms with Gasteiger partial charge in [-0.25, -0.2) is 14.4 Å². The fourth-order valence-electron chi connectivity index (χ4n) is 4.93. The van der Waals surface area contributed by atoms with Gasteiger partial charge in [-0.3, -0.25) is 14.4 Å². The Bertz CT molecular complexity index is 1320. The summed E-state index contributed by atoms with van der Waals surface area (Å²) >= 11 is 0. The van der Waals surface area contributed by atoms with E-state index in [4.69, 9.17) is 20.4 Å². The van der Waals surface area contributed by atoms with Crippen molar-refractivity contribution in [2.45, 2.75) is 121 Å². The maximum absolute atomic E-state index is 13.3. The molecule has 0 fully saturated rings. The van der Waals surface area contributed by atoms with E-state index < -0.39 is 59.9 Å². The number of unbranched alkanes of at least 4 members (excludes halogenated alkanes) is 8. The third-order valence-electron chi connectivity index (χ3n) is 7.89. The van der Waals surface area contributed by atoms with Crippen LogP contribution in [-0.4, -0.2) is 92.1 Å². The molecule has 53 heavy (non-hydrogen) atoms. The smallest absolute Gasteiger partial charge is 0.490 e. The Morgan fingerprint density at radius 3 is 1.85 bits per heavy atom. The van der Waals surface area contributed by atoms with Crippen molar-refractivity contribution in [1.29, 1.82) is 0 Å². The second kappa shape index (κ2) is 26.3. The first kappa shape index (κ1) is 48.5. The van der Waals surface area contributed by atoms with Crippen LogP contribution in [0.3, 0.4) is 0 Å². The molecule has 0 saturated heterocycles. The lowest BCUT2D eigenvalue weighted by Gasteiger charge is -2.29. The minimum atomic E-state index is -5.08. The van der Waals surface area contributed by atoms with E-state index >= 15 is 0 Å². The highest BCUT2D eigenvalue weighted by molar-refractivity contribution is 5.94. The molecular formula is C36H53F3N2O12. The first-order valence-corrected chi connectivity index (χ1v) is 17.5. The minimum Gasteiger partial charge on any atom is -0.494 e. The fraction of sp³-hybridized carbons (Fsp3) is 0.611. The van der Waals surface area contributed by atoms with Crippen LogP contribution in [0.1, 0.15) is 102 Å². The van der Waals surface area contributed by atoms with Gasteiger partial charge in [0.2, 0.25) is 5.91 Å². The van der Waals surface area contributed by atoms with E-state index in [9.17, 15) is 57.6 Å². The van der Waals surface area contributed by atoms with Crippen LogP contribution in [0.5, 0.6) is 5.75 Å². The van der Waals surface area contributed by atoms with Crippen molar-refractivity contribution in [3.63, 3.8) is 0 Å². The predicted octanol–water partition coefficient (Wildman–Crippen LogP) is 4.89. The summed E-state index contributed by atoms with van der Waals surface area (Å²) in [5, 5.41) is 49.1. The second-order valence-corrected chi connectivity index (χ2v) is 12.4. The molecule has 0 radical (unpaired) electrons. The molecule has 8 N–H and O–H groups in total. The summed E-state index contributed by atoms with van der Waals surface area (Å²) in [6.07, 6.45) is 6.82. The van der Waals surface area contributed by atoms with Crippen LogP contribution in [0, 0.1) is 5.92 Å². The first-order chi connectivity index (χ1) is 24.9. The number of carbonyl (C=O) groups excluding carboxylic acids is 2. The zero-order valence-electron chi connectivity index (χ0n) is 29.9. The molecule has 1 aromatic carbocycles. The highest BCUT2D eigenvalue weighted by atomic mass is 19.4. The number of rotatable bonds is 27. The molecule has 17 heteroatoms. The van der Waals surface area contributed by atoms with E-state index in [0.29, 0.717) is 56.6 Å². The monoisotopic (exact) mass is 762 g/mol. The minimum absolute atomic E-state index is 0.160. The molecule has 0 unspecified atom stereocenters. The van der Waals surface area contributed by atoms with Crippen LogP contribution in [0.15, 0.2) is 36.4 Å². The third-order valence-corrected chi connectivity index (χ3v) is 7.89. The predicted molar refractivity (Wildman–Crippen MR) is 186 cm³/mol. The Morgan fingerprint density at radius 2 is 1.38 bits per heavy atom. The topological polar surface area (TPSA) is 251 Å². The number of carboxylic acid groups (broad SMARTS) is 4. The molecular weight excluding hydrogens is 709 g/mol. The number of aliphatic hydroxyl groups is 1. The molecule has 14 nitrogen and oxygen atoms in total. The normalized spacial score (nSPS) is 13.5. The molecule has 1 rings (SSSR count). The molecule has 0 heterocycles. The lowest BCUT2D eigenvalue weighted by atomic mass is 9.82. The van der Waals surface area contributed by atoms with Gasteiger partial charge in [0.25, 0.3) is 0 Å². The summed E-state index contributed by atoms with van der Waals surface area (Å²) in [5.74, 6) is -9.91. The number of alkyl halides is 3. The van der Waals surface area contributed by atoms with Gasteiger partial charge >= 0.3 is 30.1 Å². The van der Waals surface area contributed by atoms with Crippen molar-refractivity contribution in [3.05, 3.63) is 42.0 Å². The molecule has 0 aliphatic rings. The number of amides is 1. The van der Waals surface area contributed by atoms with E-state index in [-0.39, 0.29) is 12.2 Å². The summed E-state index contributed by atoms with van der Waals surface area (Å²) in [7, 11) is 0. The Kier molecular flexibility index (Phi) is 24.0. The van der Waals surface area contributed by atoms with Crippen LogP contribution in [0.2, 0.25) is 0 Å². The number of aliphatic carboxylic acids is 4. The van der Waals surface area contributed by atoms with E-state index in [1.165, 1.54) is 12.5 Å². The maximum Gasteiger partial charge on any atom is 0.490 e. The van der Waals surface area contributed by atoms with Crippen LogP contribution < -0.4 is 15.8 Å². The van der Waals surface area contributed by atoms with Crippen LogP contribution in [-0.2, 0) is 35.2 Å². The number of nitrogens with two attached hydrogens (primary N) is 1. The summed E-state index contributed by atoms with van der Waals surface area (Å²) in [4.78, 5) is 69.7. The molecule has 3 atom stereocenters. The fourth-order valence-corrected chi connectivity index (χ4v) is 4.93. The molecule has 0 saturated carbocycles. The van der Waals surface area contributed by atoms with Gasteiger partial charge in [-0.05, 0) is 56.3 Å². The number of benzene rings is 1. The molecule has 0 aromatic heterocycles. The van der Waals surface area contributed by atoms with Crippen molar-refractivity contribution in [2.24, 2.45) is 11.7 Å². The van der Waals surface area contributed by atoms with Gasteiger partial charge in [-0.1, -0.05) is 69.7 Å². The van der Waals surface area contributed by atoms with E-state index in [0.717, 1.165) is 51.0 Å². The second-order valence-electron chi connectivity index (χ2n) is 12.4. The van der Waals surface area contributed by atoms with Crippen LogP contribution >= 0.6 is 0 Å². The summed E-state index contributed by atoms with van der Waals surface area (Å²) in [5.41, 5.74) is 2.97. The van der Waals surface area contributed by atoms with E-state index in [1.54, 1.807) is 24.3 Å². The number of Topliss-reactive ketones (excluding diaryl/α,β-unsaturated/α-hetero) is 1. The number of carbonyl (C=O) groups is 6. The first-order valence-electron chi connectivity index (χ1n) is 17.5. The summed E-state index contributed by atoms with van der Waals surface area (Å²) < 4.78 is 37.3. The summed E-state index contributed by atoms with van der Waals surface area (Å²) in [6, 6.07) is 5.04. The molecule has 1 aromatic rings. The number of nitrogens with one attached hydrogen (secondary N) is 1. The molecule has 0 bridgehead atoms. The lowest BCUT2D eigenvalue weighted by Crippen LogP contribution is -2.55. The van der Waals surface area contributed by atoms with Crippen LogP contribution in [0.25, 0.3) is 0 Å². The lowest BCUT2D eigenvalue weighted by molar-refractivity contribution is -0.192. The number of ether oxygens (including phenoxy) is 1. The van der Waals surface area contributed by atoms with Crippen LogP contribution in [0.4, 0.5) is 13.2 Å². The zero-order chi connectivity index (χ0) is 40.5. The number of carboxylic acids is 4. The number of hydrogen-bond acceptors (Lipinski definition) is 9. The van der Waals surface area contributed by atoms with Crippen molar-refractivity contribution in [1.82, 2.24) is 5.32 Å². The van der Waals surface area contributed by atoms with Crippen molar-refractivity contribution >= 4 is 35.6 Å². The van der Waals surface area contributed by atoms with E-state index in [2.05, 4.69) is 12.2 Å².